The van der Waals surface area contributed by atoms with Gasteiger partial charge in [0.25, 0.3) is 11.8 Å². The molecule has 3 aromatic rings. The van der Waals surface area contributed by atoms with Gasteiger partial charge in [-0.3, -0.25) is 10.1 Å². The zero-order chi connectivity index (χ0) is 16.2. The molecule has 1 aromatic heterocycles. The quantitative estimate of drug-likeness (QED) is 0.666. The van der Waals surface area contributed by atoms with Crippen molar-refractivity contribution < 1.29 is 9.21 Å². The van der Waals surface area contributed by atoms with Crippen molar-refractivity contribution in [1.29, 1.82) is 0 Å². The maximum absolute atomic E-state index is 12.1. The Bertz CT molecular complexity index is 833. The Labute approximate surface area is 145 Å². The molecule has 7 heteroatoms. The number of rotatable bonds is 4. The van der Waals surface area contributed by atoms with Gasteiger partial charge in [-0.1, -0.05) is 33.2 Å². The smallest absolute Gasteiger partial charge is 0.322 e. The van der Waals surface area contributed by atoms with Gasteiger partial charge in [-0.05, 0) is 42.7 Å². The van der Waals surface area contributed by atoms with Crippen molar-refractivity contribution in [2.24, 2.45) is 0 Å². The first-order chi connectivity index (χ1) is 11.2. The highest BCUT2D eigenvalue weighted by molar-refractivity contribution is 9.10. The minimum Gasteiger partial charge on any atom is -0.403 e. The van der Waals surface area contributed by atoms with Gasteiger partial charge in [0.2, 0.25) is 0 Å². The third kappa shape index (κ3) is 3.62. The van der Waals surface area contributed by atoms with Crippen LogP contribution in [-0.2, 0) is 0 Å². The van der Waals surface area contributed by atoms with E-state index in [1.165, 1.54) is 0 Å². The van der Waals surface area contributed by atoms with Gasteiger partial charge in [0.05, 0.1) is 5.56 Å². The molecule has 1 N–H and O–H groups in total. The molecule has 3 rings (SSSR count). The van der Waals surface area contributed by atoms with E-state index in [9.17, 15) is 4.79 Å². The van der Waals surface area contributed by atoms with Crippen molar-refractivity contribution in [2.45, 2.75) is 4.90 Å². The van der Waals surface area contributed by atoms with Crippen molar-refractivity contribution in [3.63, 3.8) is 0 Å². The maximum atomic E-state index is 12.1. The second-order valence-corrected chi connectivity index (χ2v) is 6.34. The molecule has 2 aromatic carbocycles. The number of hydrogen-bond donors (Lipinski definition) is 1. The summed E-state index contributed by atoms with van der Waals surface area (Å²) in [5.74, 6) is 0.0758. The Hall–Kier alpha value is -2.12. The van der Waals surface area contributed by atoms with Gasteiger partial charge < -0.3 is 4.42 Å². The number of halogens is 1. The van der Waals surface area contributed by atoms with E-state index in [0.29, 0.717) is 11.5 Å². The number of carbonyl (C=O) groups excluding carboxylic acids is 1. The highest BCUT2D eigenvalue weighted by Gasteiger charge is 2.14. The number of benzene rings is 2. The molecular formula is C16H12BrN3O2S. The summed E-state index contributed by atoms with van der Waals surface area (Å²) in [5, 5.41) is 10.5. The second-order valence-electron chi connectivity index (χ2n) is 4.57. The van der Waals surface area contributed by atoms with Crippen molar-refractivity contribution in [3.05, 3.63) is 58.6 Å². The summed E-state index contributed by atoms with van der Waals surface area (Å²) in [7, 11) is 0. The molecule has 0 radical (unpaired) electrons. The van der Waals surface area contributed by atoms with Gasteiger partial charge in [-0.25, -0.2) is 0 Å². The van der Waals surface area contributed by atoms with Gasteiger partial charge in [-0.2, -0.15) is 0 Å². The summed E-state index contributed by atoms with van der Waals surface area (Å²) in [6.45, 7) is 0. The molecule has 0 bridgehead atoms. The third-order valence-electron chi connectivity index (χ3n) is 3.09. The van der Waals surface area contributed by atoms with Crippen LogP contribution < -0.4 is 5.32 Å². The van der Waals surface area contributed by atoms with E-state index in [2.05, 4.69) is 31.4 Å². The van der Waals surface area contributed by atoms with E-state index in [4.69, 9.17) is 4.42 Å². The Morgan fingerprint density at radius 3 is 2.61 bits per heavy atom. The monoisotopic (exact) mass is 389 g/mol. The predicted octanol–water partition coefficient (Wildman–Crippen LogP) is 4.47. The van der Waals surface area contributed by atoms with Crippen molar-refractivity contribution in [2.75, 3.05) is 11.6 Å². The molecule has 5 nitrogen and oxygen atoms in total. The normalized spacial score (nSPS) is 10.5. The summed E-state index contributed by atoms with van der Waals surface area (Å²) in [4.78, 5) is 13.2. The number of aromatic nitrogens is 2. The molecule has 0 unspecified atom stereocenters. The maximum Gasteiger partial charge on any atom is 0.322 e. The molecule has 116 valence electrons. The van der Waals surface area contributed by atoms with Crippen LogP contribution in [0, 0.1) is 0 Å². The fourth-order valence-electron chi connectivity index (χ4n) is 1.97. The number of nitrogens with zero attached hydrogens (tertiary/aromatic N) is 2. The number of nitrogens with one attached hydrogen (secondary N) is 1. The average molecular weight is 390 g/mol. The van der Waals surface area contributed by atoms with Gasteiger partial charge in [0.15, 0.2) is 0 Å². The lowest BCUT2D eigenvalue weighted by molar-refractivity contribution is 0.102. The highest BCUT2D eigenvalue weighted by Crippen LogP contribution is 2.29. The molecular weight excluding hydrogens is 378 g/mol. The van der Waals surface area contributed by atoms with E-state index >= 15 is 0 Å². The Balaban J connectivity index is 1.79. The molecule has 0 aliphatic carbocycles. The van der Waals surface area contributed by atoms with Gasteiger partial charge in [-0.15, -0.1) is 16.9 Å². The van der Waals surface area contributed by atoms with Crippen LogP contribution in [-0.4, -0.2) is 22.4 Å². The first-order valence-corrected chi connectivity index (χ1v) is 8.73. The van der Waals surface area contributed by atoms with Gasteiger partial charge in [0, 0.05) is 14.9 Å². The Morgan fingerprint density at radius 1 is 1.13 bits per heavy atom. The Kier molecular flexibility index (Phi) is 4.78. The SMILES string of the molecule is CSc1ccccc1-c1nnc(NC(=O)c2ccc(Br)cc2)o1. The van der Waals surface area contributed by atoms with Crippen LogP contribution in [0.4, 0.5) is 6.01 Å². The standard InChI is InChI=1S/C16H12BrN3O2S/c1-23-13-5-3-2-4-12(13)15-19-20-16(22-15)18-14(21)10-6-8-11(17)9-7-10/h2-9H,1H3,(H,18,20,21). The summed E-state index contributed by atoms with van der Waals surface area (Å²) in [5.41, 5.74) is 1.36. The topological polar surface area (TPSA) is 68.0 Å². The zero-order valence-corrected chi connectivity index (χ0v) is 14.5. The lowest BCUT2D eigenvalue weighted by Crippen LogP contribution is -2.11. The van der Waals surface area contributed by atoms with Crippen LogP contribution in [0.5, 0.6) is 0 Å². The van der Waals surface area contributed by atoms with E-state index < -0.39 is 0 Å². The summed E-state index contributed by atoms with van der Waals surface area (Å²) in [6, 6.07) is 14.8. The molecule has 0 saturated carbocycles. The molecule has 0 atom stereocenters. The van der Waals surface area contributed by atoms with Crippen LogP contribution >= 0.6 is 27.7 Å². The van der Waals surface area contributed by atoms with Crippen LogP contribution in [0.25, 0.3) is 11.5 Å². The number of hydrogen-bond acceptors (Lipinski definition) is 5. The zero-order valence-electron chi connectivity index (χ0n) is 12.1. The van der Waals surface area contributed by atoms with Crippen LogP contribution in [0.15, 0.2) is 62.3 Å². The first-order valence-electron chi connectivity index (χ1n) is 6.71. The lowest BCUT2D eigenvalue weighted by Gasteiger charge is -2.02. The van der Waals surface area contributed by atoms with Crippen molar-refractivity contribution >= 4 is 39.6 Å². The summed E-state index contributed by atoms with van der Waals surface area (Å²) >= 11 is 4.92. The molecule has 23 heavy (non-hydrogen) atoms. The predicted molar refractivity (Wildman–Crippen MR) is 93.6 cm³/mol. The van der Waals surface area contributed by atoms with Crippen LogP contribution in [0.3, 0.4) is 0 Å². The first kappa shape index (κ1) is 15.8. The molecule has 0 aliphatic rings. The highest BCUT2D eigenvalue weighted by atomic mass is 79.9. The van der Waals surface area contributed by atoms with Gasteiger partial charge in [0.1, 0.15) is 0 Å². The average Bonchev–Trinajstić information content (AvgIpc) is 3.03. The van der Waals surface area contributed by atoms with Crippen LogP contribution in [0.2, 0.25) is 0 Å². The molecule has 0 aliphatic heterocycles. The van der Waals surface area contributed by atoms with Crippen molar-refractivity contribution in [1.82, 2.24) is 10.2 Å². The Morgan fingerprint density at radius 2 is 1.87 bits per heavy atom. The van der Waals surface area contributed by atoms with Crippen molar-refractivity contribution in [3.8, 4) is 11.5 Å². The minimum atomic E-state index is -0.300. The minimum absolute atomic E-state index is 0.0730. The summed E-state index contributed by atoms with van der Waals surface area (Å²) < 4.78 is 6.46. The van der Waals surface area contributed by atoms with E-state index in [1.54, 1.807) is 36.0 Å². The molecule has 0 fully saturated rings. The number of thioether (sulfide) groups is 1. The molecule has 1 amide bonds. The fraction of sp³-hybridized carbons (Fsp3) is 0.0625. The lowest BCUT2D eigenvalue weighted by atomic mass is 10.2. The van der Waals surface area contributed by atoms with E-state index in [0.717, 1.165) is 14.9 Å². The molecule has 0 spiro atoms. The largest absolute Gasteiger partial charge is 0.403 e. The molecule has 0 saturated heterocycles. The van der Waals surface area contributed by atoms with Gasteiger partial charge >= 0.3 is 6.01 Å². The fourth-order valence-corrected chi connectivity index (χ4v) is 2.83. The number of anilines is 1. The number of carbonyl (C=O) groups is 1. The molecule has 1 heterocycles. The van der Waals surface area contributed by atoms with E-state index in [-0.39, 0.29) is 11.9 Å². The number of amides is 1. The van der Waals surface area contributed by atoms with E-state index in [1.807, 2.05) is 30.5 Å². The van der Waals surface area contributed by atoms with Crippen LogP contribution in [0.1, 0.15) is 10.4 Å². The summed E-state index contributed by atoms with van der Waals surface area (Å²) in [6.07, 6.45) is 1.98. The second kappa shape index (κ2) is 6.97. The third-order valence-corrected chi connectivity index (χ3v) is 4.41.